The molecule has 0 saturated carbocycles. The van der Waals surface area contributed by atoms with E-state index >= 15 is 0 Å². The second-order valence-electron chi connectivity index (χ2n) is 6.44. The van der Waals surface area contributed by atoms with E-state index in [9.17, 15) is 13.2 Å². The van der Waals surface area contributed by atoms with Crippen LogP contribution in [0.5, 0.6) is 5.75 Å². The Morgan fingerprint density at radius 1 is 1.24 bits per heavy atom. The van der Waals surface area contributed by atoms with Gasteiger partial charge in [-0.2, -0.15) is 0 Å². The summed E-state index contributed by atoms with van der Waals surface area (Å²) in [7, 11) is -3.47. The zero-order valence-electron chi connectivity index (χ0n) is 15.8. The molecule has 0 unspecified atom stereocenters. The van der Waals surface area contributed by atoms with Gasteiger partial charge in [-0.15, -0.1) is 0 Å². The van der Waals surface area contributed by atoms with Crippen LogP contribution in [0.2, 0.25) is 0 Å². The van der Waals surface area contributed by atoms with Crippen molar-refractivity contribution in [3.05, 3.63) is 24.3 Å². The lowest BCUT2D eigenvalue weighted by molar-refractivity contribution is -0.122. The van der Waals surface area contributed by atoms with Crippen molar-refractivity contribution in [2.75, 3.05) is 23.7 Å². The van der Waals surface area contributed by atoms with Crippen LogP contribution in [0.25, 0.3) is 0 Å². The molecule has 1 N–H and O–H groups in total. The molecule has 142 valence electrons. The van der Waals surface area contributed by atoms with Gasteiger partial charge in [-0.1, -0.05) is 26.0 Å². The van der Waals surface area contributed by atoms with Crippen molar-refractivity contribution in [2.24, 2.45) is 5.92 Å². The van der Waals surface area contributed by atoms with E-state index in [0.29, 0.717) is 30.4 Å². The minimum Gasteiger partial charge on any atom is -0.492 e. The zero-order valence-corrected chi connectivity index (χ0v) is 16.6. The van der Waals surface area contributed by atoms with Crippen LogP contribution in [0.4, 0.5) is 5.69 Å². The molecule has 0 spiro atoms. The van der Waals surface area contributed by atoms with E-state index in [-0.39, 0.29) is 24.9 Å². The third kappa shape index (κ3) is 6.94. The monoisotopic (exact) mass is 370 g/mol. The Balaban J connectivity index is 2.78. The van der Waals surface area contributed by atoms with Crippen LogP contribution >= 0.6 is 0 Å². The average molecular weight is 371 g/mol. The molecule has 0 saturated heterocycles. The van der Waals surface area contributed by atoms with Gasteiger partial charge in [-0.05, 0) is 38.3 Å². The number of nitrogens with zero attached hydrogens (tertiary/aromatic N) is 1. The summed E-state index contributed by atoms with van der Waals surface area (Å²) in [5.41, 5.74) is 0.503. The summed E-state index contributed by atoms with van der Waals surface area (Å²) >= 11 is 0. The van der Waals surface area contributed by atoms with Gasteiger partial charge >= 0.3 is 0 Å². The first-order chi connectivity index (χ1) is 11.7. The second kappa shape index (κ2) is 9.65. The van der Waals surface area contributed by atoms with Crippen LogP contribution < -0.4 is 14.4 Å². The molecule has 1 amide bonds. The Hall–Kier alpha value is -1.76. The number of sulfonamides is 1. The average Bonchev–Trinajstić information content (AvgIpc) is 2.51. The minimum atomic E-state index is -3.47. The molecular weight excluding hydrogens is 340 g/mol. The van der Waals surface area contributed by atoms with Crippen LogP contribution in [0.15, 0.2) is 24.3 Å². The fourth-order valence-corrected chi connectivity index (χ4v) is 3.25. The molecule has 1 rings (SSSR count). The van der Waals surface area contributed by atoms with E-state index < -0.39 is 10.0 Å². The summed E-state index contributed by atoms with van der Waals surface area (Å²) in [5, 5.41) is 2.93. The predicted octanol–water partition coefficient (Wildman–Crippen LogP) is 2.79. The molecule has 0 aliphatic heterocycles. The van der Waals surface area contributed by atoms with Crippen LogP contribution in [0, 0.1) is 5.92 Å². The summed E-state index contributed by atoms with van der Waals surface area (Å²) in [6.07, 6.45) is 1.88. The number of carbonyl (C=O) groups is 1. The van der Waals surface area contributed by atoms with E-state index in [1.54, 1.807) is 24.3 Å². The highest BCUT2D eigenvalue weighted by molar-refractivity contribution is 7.92. The van der Waals surface area contributed by atoms with E-state index in [1.165, 1.54) is 4.31 Å². The normalized spacial score (nSPS) is 12.7. The number of carbonyl (C=O) groups excluding carboxylic acids is 1. The van der Waals surface area contributed by atoms with Gasteiger partial charge in [0.15, 0.2) is 0 Å². The molecule has 1 atom stereocenters. The van der Waals surface area contributed by atoms with E-state index in [1.807, 2.05) is 27.7 Å². The fraction of sp³-hybridized carbons (Fsp3) is 0.611. The van der Waals surface area contributed by atoms with Crippen molar-refractivity contribution in [3.63, 3.8) is 0 Å². The lowest BCUT2D eigenvalue weighted by Gasteiger charge is -2.24. The van der Waals surface area contributed by atoms with Crippen molar-refractivity contribution in [1.29, 1.82) is 0 Å². The SMILES string of the molecule is CCOc1ccccc1N(CCCC(=O)N[C@@H](C)C(C)C)S(C)(=O)=O. The third-order valence-corrected chi connectivity index (χ3v) is 5.17. The Bertz CT molecular complexity index is 659. The summed E-state index contributed by atoms with van der Waals surface area (Å²) in [6.45, 7) is 8.57. The second-order valence-corrected chi connectivity index (χ2v) is 8.35. The number of nitrogens with one attached hydrogen (secondary N) is 1. The van der Waals surface area contributed by atoms with Gasteiger partial charge in [0.25, 0.3) is 0 Å². The molecule has 6 nitrogen and oxygen atoms in total. The predicted molar refractivity (Wildman–Crippen MR) is 101 cm³/mol. The number of hydrogen-bond donors (Lipinski definition) is 1. The van der Waals surface area contributed by atoms with E-state index in [4.69, 9.17) is 4.74 Å². The Labute approximate surface area is 151 Å². The van der Waals surface area contributed by atoms with Crippen LogP contribution in [-0.2, 0) is 14.8 Å². The maximum atomic E-state index is 12.2. The molecule has 25 heavy (non-hydrogen) atoms. The smallest absolute Gasteiger partial charge is 0.232 e. The van der Waals surface area contributed by atoms with Gasteiger partial charge < -0.3 is 10.1 Å². The largest absolute Gasteiger partial charge is 0.492 e. The standard InChI is InChI=1S/C18H30N2O4S/c1-6-24-17-11-8-7-10-16(17)20(25(5,22)23)13-9-12-18(21)19-15(4)14(2)3/h7-8,10-11,14-15H,6,9,12-13H2,1-5H3,(H,19,21)/t15-/m0/s1. The van der Waals surface area contributed by atoms with Crippen molar-refractivity contribution in [3.8, 4) is 5.75 Å². The molecule has 0 fully saturated rings. The maximum absolute atomic E-state index is 12.2. The summed E-state index contributed by atoms with van der Waals surface area (Å²) in [6, 6.07) is 7.13. The topological polar surface area (TPSA) is 75.7 Å². The van der Waals surface area contributed by atoms with Crippen LogP contribution in [-0.4, -0.2) is 39.8 Å². The minimum absolute atomic E-state index is 0.0623. The van der Waals surface area contributed by atoms with Gasteiger partial charge in [-0.25, -0.2) is 8.42 Å². The molecule has 0 aliphatic rings. The quantitative estimate of drug-likeness (QED) is 0.687. The summed E-state index contributed by atoms with van der Waals surface area (Å²) in [5.74, 6) is 0.815. The van der Waals surface area contributed by atoms with Gasteiger partial charge in [0.1, 0.15) is 5.75 Å². The fourth-order valence-electron chi connectivity index (χ4n) is 2.28. The highest BCUT2D eigenvalue weighted by atomic mass is 32.2. The lowest BCUT2D eigenvalue weighted by Crippen LogP contribution is -2.37. The number of anilines is 1. The van der Waals surface area contributed by atoms with E-state index in [2.05, 4.69) is 5.32 Å². The maximum Gasteiger partial charge on any atom is 0.232 e. The third-order valence-electron chi connectivity index (χ3n) is 3.99. The van der Waals surface area contributed by atoms with Crippen molar-refractivity contribution in [1.82, 2.24) is 5.32 Å². The highest BCUT2D eigenvalue weighted by Crippen LogP contribution is 2.30. The zero-order chi connectivity index (χ0) is 19.0. The van der Waals surface area contributed by atoms with E-state index in [0.717, 1.165) is 6.26 Å². The number of benzene rings is 1. The molecule has 0 aliphatic carbocycles. The summed E-state index contributed by atoms with van der Waals surface area (Å²) < 4.78 is 31.2. The molecule has 0 aromatic heterocycles. The van der Waals surface area contributed by atoms with Gasteiger partial charge in [0.05, 0.1) is 18.6 Å². The molecule has 1 aromatic carbocycles. The number of hydrogen-bond acceptors (Lipinski definition) is 4. The van der Waals surface area contributed by atoms with Crippen LogP contribution in [0.3, 0.4) is 0 Å². The number of rotatable bonds is 10. The molecule has 1 aromatic rings. The Kier molecular flexibility index (Phi) is 8.22. The molecule has 7 heteroatoms. The number of ether oxygens (including phenoxy) is 1. The first-order valence-electron chi connectivity index (χ1n) is 8.65. The molecular formula is C18H30N2O4S. The van der Waals surface area contributed by atoms with Crippen LogP contribution in [0.1, 0.15) is 40.5 Å². The van der Waals surface area contributed by atoms with Crippen molar-refractivity contribution in [2.45, 2.75) is 46.6 Å². The Morgan fingerprint density at radius 2 is 1.88 bits per heavy atom. The first-order valence-corrected chi connectivity index (χ1v) is 10.5. The molecule has 0 radical (unpaired) electrons. The molecule has 0 bridgehead atoms. The van der Waals surface area contributed by atoms with Gasteiger partial charge in [-0.3, -0.25) is 9.10 Å². The number of para-hydroxylation sites is 2. The Morgan fingerprint density at radius 3 is 2.44 bits per heavy atom. The first kappa shape index (κ1) is 21.3. The van der Waals surface area contributed by atoms with Crippen molar-refractivity contribution < 1.29 is 17.9 Å². The number of amides is 1. The molecule has 0 heterocycles. The van der Waals surface area contributed by atoms with Crippen molar-refractivity contribution >= 4 is 21.6 Å². The lowest BCUT2D eigenvalue weighted by atomic mass is 10.1. The van der Waals surface area contributed by atoms with Gasteiger partial charge in [0, 0.05) is 19.0 Å². The highest BCUT2D eigenvalue weighted by Gasteiger charge is 2.21. The van der Waals surface area contributed by atoms with Gasteiger partial charge in [0.2, 0.25) is 15.9 Å². The summed E-state index contributed by atoms with van der Waals surface area (Å²) in [4.78, 5) is 12.0.